The average molecular weight is 295 g/mol. The number of halogens is 1. The molecule has 0 fully saturated rings. The maximum Gasteiger partial charge on any atom is 0.338 e. The lowest BCUT2D eigenvalue weighted by Gasteiger charge is -2.05. The van der Waals surface area contributed by atoms with Gasteiger partial charge in [0.15, 0.2) is 0 Å². The van der Waals surface area contributed by atoms with E-state index in [0.29, 0.717) is 17.0 Å². The molecule has 104 valence electrons. The molecule has 0 saturated heterocycles. The van der Waals surface area contributed by atoms with E-state index in [1.165, 1.54) is 6.07 Å². The van der Waals surface area contributed by atoms with E-state index in [4.69, 9.17) is 5.11 Å². The molecule has 1 aromatic heterocycles. The maximum absolute atomic E-state index is 13.5. The van der Waals surface area contributed by atoms with Gasteiger partial charge in [-0.3, -0.25) is 4.79 Å². The van der Waals surface area contributed by atoms with Gasteiger partial charge in [0.25, 0.3) is 5.91 Å². The van der Waals surface area contributed by atoms with Crippen molar-refractivity contribution in [2.24, 2.45) is 0 Å². The fourth-order valence-electron chi connectivity index (χ4n) is 1.57. The van der Waals surface area contributed by atoms with Crippen molar-refractivity contribution in [3.8, 4) is 0 Å². The Morgan fingerprint density at radius 3 is 2.80 bits per heavy atom. The zero-order valence-electron chi connectivity index (χ0n) is 10.4. The zero-order valence-corrected chi connectivity index (χ0v) is 11.2. The molecular formula is C12H10FN3O3S. The summed E-state index contributed by atoms with van der Waals surface area (Å²) in [5.74, 6) is -2.71. The van der Waals surface area contributed by atoms with Gasteiger partial charge in [-0.25, -0.2) is 9.18 Å². The third kappa shape index (κ3) is 2.80. The van der Waals surface area contributed by atoms with Gasteiger partial charge in [0, 0.05) is 5.69 Å². The van der Waals surface area contributed by atoms with E-state index in [1.54, 1.807) is 0 Å². The number of benzene rings is 1. The molecular weight excluding hydrogens is 285 g/mol. The normalized spacial score (nSPS) is 10.3. The minimum Gasteiger partial charge on any atom is -0.478 e. The molecule has 0 atom stereocenters. The van der Waals surface area contributed by atoms with Crippen molar-refractivity contribution in [3.05, 3.63) is 40.2 Å². The first-order valence-corrected chi connectivity index (χ1v) is 6.45. The van der Waals surface area contributed by atoms with Crippen LogP contribution in [-0.4, -0.2) is 26.6 Å². The first kappa shape index (κ1) is 14.1. The number of aromatic carboxylic acids is 1. The number of anilines is 1. The molecule has 2 aromatic rings. The molecule has 2 N–H and O–H groups in total. The average Bonchev–Trinajstić information content (AvgIpc) is 2.86. The van der Waals surface area contributed by atoms with Crippen molar-refractivity contribution >= 4 is 29.1 Å². The molecule has 0 saturated carbocycles. The van der Waals surface area contributed by atoms with Crippen LogP contribution < -0.4 is 5.32 Å². The van der Waals surface area contributed by atoms with Gasteiger partial charge in [0.1, 0.15) is 10.7 Å². The molecule has 1 heterocycles. The van der Waals surface area contributed by atoms with Crippen LogP contribution in [0.4, 0.5) is 10.1 Å². The molecule has 0 aliphatic carbocycles. The predicted octanol–water partition coefficient (Wildman–Crippen LogP) is 2.19. The van der Waals surface area contributed by atoms with Crippen molar-refractivity contribution in [1.82, 2.24) is 9.59 Å². The van der Waals surface area contributed by atoms with Gasteiger partial charge in [-0.15, -0.1) is 5.10 Å². The first-order chi connectivity index (χ1) is 9.52. The molecule has 2 rings (SSSR count). The number of hydrogen-bond donors (Lipinski definition) is 2. The van der Waals surface area contributed by atoms with Crippen LogP contribution in [0.2, 0.25) is 0 Å². The molecule has 1 aromatic carbocycles. The van der Waals surface area contributed by atoms with Crippen LogP contribution in [0.15, 0.2) is 18.2 Å². The first-order valence-electron chi connectivity index (χ1n) is 5.68. The Morgan fingerprint density at radius 2 is 2.20 bits per heavy atom. The van der Waals surface area contributed by atoms with Crippen LogP contribution in [0.5, 0.6) is 0 Å². The number of nitrogens with zero attached hydrogens (tertiary/aromatic N) is 2. The third-order valence-corrected chi connectivity index (χ3v) is 3.32. The summed E-state index contributed by atoms with van der Waals surface area (Å²) in [7, 11) is 0. The van der Waals surface area contributed by atoms with Crippen molar-refractivity contribution in [2.45, 2.75) is 13.3 Å². The number of aromatic nitrogens is 2. The molecule has 0 aliphatic rings. The fourth-order valence-corrected chi connectivity index (χ4v) is 2.21. The van der Waals surface area contributed by atoms with Gasteiger partial charge in [0.2, 0.25) is 0 Å². The number of nitrogens with one attached hydrogen (secondary N) is 1. The van der Waals surface area contributed by atoms with Gasteiger partial charge in [-0.05, 0) is 36.2 Å². The number of hydrogen-bond acceptors (Lipinski definition) is 5. The number of carbonyl (C=O) groups is 2. The Labute approximate surface area is 117 Å². The summed E-state index contributed by atoms with van der Waals surface area (Å²) < 4.78 is 17.2. The largest absolute Gasteiger partial charge is 0.478 e. The second-order valence-corrected chi connectivity index (χ2v) is 4.61. The Balaban J connectivity index is 2.20. The van der Waals surface area contributed by atoms with Gasteiger partial charge in [0.05, 0.1) is 11.3 Å². The molecule has 8 heteroatoms. The van der Waals surface area contributed by atoms with Crippen molar-refractivity contribution in [1.29, 1.82) is 0 Å². The van der Waals surface area contributed by atoms with E-state index < -0.39 is 23.3 Å². The number of rotatable bonds is 4. The summed E-state index contributed by atoms with van der Waals surface area (Å²) in [5.41, 5.74) is 0.291. The molecule has 1 amide bonds. The highest BCUT2D eigenvalue weighted by molar-refractivity contribution is 7.08. The predicted molar refractivity (Wildman–Crippen MR) is 70.6 cm³/mol. The SMILES string of the molecule is CCc1nnsc1C(=O)Nc1ccc(C(=O)O)c(F)c1. The van der Waals surface area contributed by atoms with E-state index >= 15 is 0 Å². The zero-order chi connectivity index (χ0) is 14.7. The van der Waals surface area contributed by atoms with Crippen LogP contribution >= 0.6 is 11.5 Å². The lowest BCUT2D eigenvalue weighted by Crippen LogP contribution is -2.13. The lowest BCUT2D eigenvalue weighted by molar-refractivity contribution is 0.0692. The van der Waals surface area contributed by atoms with E-state index in [-0.39, 0.29) is 5.69 Å². The van der Waals surface area contributed by atoms with Crippen LogP contribution in [0.1, 0.15) is 32.6 Å². The minimum absolute atomic E-state index is 0.174. The van der Waals surface area contributed by atoms with Gasteiger partial charge in [-0.1, -0.05) is 11.4 Å². The Hall–Kier alpha value is -2.35. The molecule has 0 radical (unpaired) electrons. The van der Waals surface area contributed by atoms with Gasteiger partial charge in [-0.2, -0.15) is 0 Å². The smallest absolute Gasteiger partial charge is 0.338 e. The highest BCUT2D eigenvalue weighted by atomic mass is 32.1. The van der Waals surface area contributed by atoms with Crippen LogP contribution in [0.3, 0.4) is 0 Å². The molecule has 6 nitrogen and oxygen atoms in total. The van der Waals surface area contributed by atoms with E-state index in [0.717, 1.165) is 23.7 Å². The van der Waals surface area contributed by atoms with Crippen molar-refractivity contribution < 1.29 is 19.1 Å². The number of carboxylic acid groups (broad SMARTS) is 1. The number of aryl methyl sites for hydroxylation is 1. The Morgan fingerprint density at radius 1 is 1.45 bits per heavy atom. The molecule has 20 heavy (non-hydrogen) atoms. The van der Waals surface area contributed by atoms with Crippen LogP contribution in [-0.2, 0) is 6.42 Å². The highest BCUT2D eigenvalue weighted by Crippen LogP contribution is 2.18. The van der Waals surface area contributed by atoms with Crippen LogP contribution in [0.25, 0.3) is 0 Å². The standard InChI is InChI=1S/C12H10FN3O3S/c1-2-9-10(20-16-15-9)11(17)14-6-3-4-7(12(18)19)8(13)5-6/h3-5H,2H2,1H3,(H,14,17)(H,18,19). The second-order valence-electron chi connectivity index (χ2n) is 3.86. The fraction of sp³-hybridized carbons (Fsp3) is 0.167. The molecule has 0 aliphatic heterocycles. The Kier molecular flexibility index (Phi) is 4.04. The van der Waals surface area contributed by atoms with Crippen molar-refractivity contribution in [2.75, 3.05) is 5.32 Å². The second kappa shape index (κ2) is 5.74. The summed E-state index contributed by atoms with van der Waals surface area (Å²) in [5, 5.41) is 15.0. The maximum atomic E-state index is 13.5. The van der Waals surface area contributed by atoms with E-state index in [1.807, 2.05) is 6.92 Å². The summed E-state index contributed by atoms with van der Waals surface area (Å²) in [6.07, 6.45) is 0.561. The van der Waals surface area contributed by atoms with Crippen molar-refractivity contribution in [3.63, 3.8) is 0 Å². The molecule has 0 bridgehead atoms. The topological polar surface area (TPSA) is 92.2 Å². The monoisotopic (exact) mass is 295 g/mol. The third-order valence-electron chi connectivity index (χ3n) is 2.55. The number of carbonyl (C=O) groups excluding carboxylic acids is 1. The summed E-state index contributed by atoms with van der Waals surface area (Å²) >= 11 is 0.953. The summed E-state index contributed by atoms with van der Waals surface area (Å²) in [6, 6.07) is 3.38. The van der Waals surface area contributed by atoms with Gasteiger partial charge >= 0.3 is 5.97 Å². The van der Waals surface area contributed by atoms with E-state index in [9.17, 15) is 14.0 Å². The highest BCUT2D eigenvalue weighted by Gasteiger charge is 2.16. The summed E-state index contributed by atoms with van der Waals surface area (Å²) in [4.78, 5) is 23.0. The van der Waals surface area contributed by atoms with Crippen LogP contribution in [0, 0.1) is 5.82 Å². The summed E-state index contributed by atoms with van der Waals surface area (Å²) in [6.45, 7) is 1.84. The van der Waals surface area contributed by atoms with E-state index in [2.05, 4.69) is 14.9 Å². The molecule has 0 spiro atoms. The number of amides is 1. The number of carboxylic acids is 1. The lowest BCUT2D eigenvalue weighted by atomic mass is 10.2. The van der Waals surface area contributed by atoms with Gasteiger partial charge < -0.3 is 10.4 Å². The minimum atomic E-state index is -1.36. The molecule has 0 unspecified atom stereocenters. The Bertz CT molecular complexity index is 672. The quantitative estimate of drug-likeness (QED) is 0.902.